The van der Waals surface area contributed by atoms with E-state index in [1.54, 1.807) is 17.7 Å². The fraction of sp³-hybridized carbons (Fsp3) is 0.294. The van der Waals surface area contributed by atoms with E-state index in [1.165, 1.54) is 4.70 Å². The number of hydrogen-bond acceptors (Lipinski definition) is 6. The Hall–Kier alpha value is -2.54. The molecule has 1 fully saturated rings. The highest BCUT2D eigenvalue weighted by Crippen LogP contribution is 2.33. The molecule has 0 spiro atoms. The molecule has 6 nitrogen and oxygen atoms in total. The molecular formula is C17H16N6S. The molecule has 0 saturated carbocycles. The lowest BCUT2D eigenvalue weighted by Crippen LogP contribution is -2.35. The molecule has 120 valence electrons. The number of hydrogen-bond donors (Lipinski definition) is 0. The van der Waals surface area contributed by atoms with Gasteiger partial charge in [0, 0.05) is 25.2 Å². The molecule has 0 aliphatic carbocycles. The summed E-state index contributed by atoms with van der Waals surface area (Å²) in [5.41, 5.74) is 1.94. The molecule has 4 aromatic heterocycles. The highest BCUT2D eigenvalue weighted by Gasteiger charge is 2.27. The second-order valence-corrected chi connectivity index (χ2v) is 7.02. The summed E-state index contributed by atoms with van der Waals surface area (Å²) in [6.45, 7) is 1.94. The third kappa shape index (κ3) is 2.16. The number of aromatic nitrogens is 5. The summed E-state index contributed by atoms with van der Waals surface area (Å²) in [6.07, 6.45) is 5.97. The molecule has 0 aromatic carbocycles. The van der Waals surface area contributed by atoms with Gasteiger partial charge in [-0.1, -0.05) is 6.07 Å². The van der Waals surface area contributed by atoms with E-state index < -0.39 is 0 Å². The average molecular weight is 336 g/mol. The molecule has 0 unspecified atom stereocenters. The van der Waals surface area contributed by atoms with Crippen LogP contribution in [0.5, 0.6) is 0 Å². The van der Waals surface area contributed by atoms with E-state index in [1.807, 2.05) is 24.4 Å². The van der Waals surface area contributed by atoms with E-state index in [0.29, 0.717) is 5.92 Å². The fourth-order valence-corrected chi connectivity index (χ4v) is 4.38. The quantitative estimate of drug-likeness (QED) is 0.563. The summed E-state index contributed by atoms with van der Waals surface area (Å²) in [7, 11) is 0. The molecule has 1 saturated heterocycles. The molecule has 0 radical (unpaired) electrons. The first kappa shape index (κ1) is 13.9. The van der Waals surface area contributed by atoms with Crippen molar-refractivity contribution in [3.63, 3.8) is 0 Å². The van der Waals surface area contributed by atoms with E-state index in [9.17, 15) is 0 Å². The third-order valence-corrected chi connectivity index (χ3v) is 5.55. The van der Waals surface area contributed by atoms with Crippen LogP contribution in [0.2, 0.25) is 0 Å². The van der Waals surface area contributed by atoms with Crippen molar-refractivity contribution < 1.29 is 0 Å². The van der Waals surface area contributed by atoms with Gasteiger partial charge in [-0.15, -0.1) is 21.5 Å². The summed E-state index contributed by atoms with van der Waals surface area (Å²) in [5.74, 6) is 2.46. The minimum Gasteiger partial charge on any atom is -0.355 e. The van der Waals surface area contributed by atoms with Crippen molar-refractivity contribution >= 4 is 33.0 Å². The average Bonchev–Trinajstić information content (AvgIpc) is 3.28. The molecular weight excluding hydrogens is 320 g/mol. The normalized spacial score (nSPS) is 18.5. The summed E-state index contributed by atoms with van der Waals surface area (Å²) >= 11 is 1.71. The van der Waals surface area contributed by atoms with Gasteiger partial charge < -0.3 is 4.90 Å². The lowest BCUT2D eigenvalue weighted by Gasteiger charge is -2.32. The number of fused-ring (bicyclic) bond motifs is 2. The van der Waals surface area contributed by atoms with Gasteiger partial charge in [0.2, 0.25) is 0 Å². The maximum absolute atomic E-state index is 4.56. The molecule has 1 atom stereocenters. The van der Waals surface area contributed by atoms with E-state index in [0.717, 1.165) is 48.7 Å². The molecule has 1 aliphatic rings. The standard InChI is InChI=1S/C17H16N6S/c1-2-8-23-14(5-1)20-21-16(23)12-4-3-7-22(10-12)17-15-13(6-9-24-15)18-11-19-17/h1-2,5-6,8-9,11-12H,3-4,7,10H2/t12-/m1/s1. The van der Waals surface area contributed by atoms with Gasteiger partial charge in [0.25, 0.3) is 0 Å². The van der Waals surface area contributed by atoms with Crippen LogP contribution in [0.4, 0.5) is 5.82 Å². The van der Waals surface area contributed by atoms with Crippen molar-refractivity contribution in [3.8, 4) is 0 Å². The lowest BCUT2D eigenvalue weighted by atomic mass is 9.97. The minimum atomic E-state index is 0.362. The van der Waals surface area contributed by atoms with E-state index in [4.69, 9.17) is 0 Å². The van der Waals surface area contributed by atoms with Crippen LogP contribution in [-0.2, 0) is 0 Å². The first-order chi connectivity index (χ1) is 11.9. The Kier molecular flexibility index (Phi) is 3.19. The monoisotopic (exact) mass is 336 g/mol. The van der Waals surface area contributed by atoms with Crippen LogP contribution in [-0.4, -0.2) is 37.7 Å². The Morgan fingerprint density at radius 3 is 3.12 bits per heavy atom. The number of piperidine rings is 1. The van der Waals surface area contributed by atoms with Gasteiger partial charge in [0.05, 0.1) is 10.2 Å². The van der Waals surface area contributed by atoms with Crippen molar-refractivity contribution in [2.75, 3.05) is 18.0 Å². The Balaban J connectivity index is 1.51. The summed E-state index contributed by atoms with van der Waals surface area (Å²) in [6, 6.07) is 8.07. The zero-order valence-electron chi connectivity index (χ0n) is 13.0. The molecule has 5 rings (SSSR count). The van der Waals surface area contributed by atoms with Crippen LogP contribution < -0.4 is 4.90 Å². The number of nitrogens with zero attached hydrogens (tertiary/aromatic N) is 6. The van der Waals surface area contributed by atoms with Crippen LogP contribution >= 0.6 is 11.3 Å². The SMILES string of the molecule is c1ccn2c([C@@H]3CCCN(c4ncnc5ccsc45)C3)nnc2c1. The maximum atomic E-state index is 4.56. The van der Waals surface area contributed by atoms with Gasteiger partial charge in [0.1, 0.15) is 18.0 Å². The van der Waals surface area contributed by atoms with Crippen LogP contribution in [0.15, 0.2) is 42.2 Å². The molecule has 0 amide bonds. The van der Waals surface area contributed by atoms with Gasteiger partial charge in [0.15, 0.2) is 5.65 Å². The van der Waals surface area contributed by atoms with E-state index in [-0.39, 0.29) is 0 Å². The predicted octanol–water partition coefficient (Wildman–Crippen LogP) is 3.12. The van der Waals surface area contributed by atoms with Crippen LogP contribution in [0.25, 0.3) is 15.9 Å². The minimum absolute atomic E-state index is 0.362. The van der Waals surface area contributed by atoms with Crippen molar-refractivity contribution in [2.45, 2.75) is 18.8 Å². The van der Waals surface area contributed by atoms with E-state index >= 15 is 0 Å². The van der Waals surface area contributed by atoms with E-state index in [2.05, 4.69) is 40.9 Å². The molecule has 0 bridgehead atoms. The second kappa shape index (κ2) is 5.52. The zero-order valence-corrected chi connectivity index (χ0v) is 13.9. The van der Waals surface area contributed by atoms with Crippen LogP contribution in [0.1, 0.15) is 24.6 Å². The molecule has 24 heavy (non-hydrogen) atoms. The highest BCUT2D eigenvalue weighted by molar-refractivity contribution is 7.17. The number of pyridine rings is 1. The lowest BCUT2D eigenvalue weighted by molar-refractivity contribution is 0.486. The summed E-state index contributed by atoms with van der Waals surface area (Å²) < 4.78 is 3.28. The van der Waals surface area contributed by atoms with Crippen LogP contribution in [0, 0.1) is 0 Å². The topological polar surface area (TPSA) is 59.2 Å². The molecule has 1 aliphatic heterocycles. The molecule has 4 aromatic rings. The van der Waals surface area contributed by atoms with Crippen molar-refractivity contribution in [1.82, 2.24) is 24.6 Å². The number of thiophene rings is 1. The van der Waals surface area contributed by atoms with Crippen molar-refractivity contribution in [2.24, 2.45) is 0 Å². The van der Waals surface area contributed by atoms with Crippen molar-refractivity contribution in [1.29, 1.82) is 0 Å². The molecule has 7 heteroatoms. The fourth-order valence-electron chi connectivity index (χ4n) is 3.52. The Morgan fingerprint density at radius 1 is 1.12 bits per heavy atom. The van der Waals surface area contributed by atoms with Gasteiger partial charge in [-0.25, -0.2) is 9.97 Å². The Labute approximate surface area is 142 Å². The molecule has 5 heterocycles. The van der Waals surface area contributed by atoms with Gasteiger partial charge in [-0.05, 0) is 36.4 Å². The van der Waals surface area contributed by atoms with Crippen molar-refractivity contribution in [3.05, 3.63) is 48.0 Å². The smallest absolute Gasteiger partial charge is 0.160 e. The van der Waals surface area contributed by atoms with Gasteiger partial charge >= 0.3 is 0 Å². The number of anilines is 1. The van der Waals surface area contributed by atoms with Gasteiger partial charge in [-0.2, -0.15) is 0 Å². The third-order valence-electron chi connectivity index (χ3n) is 4.65. The first-order valence-corrected chi connectivity index (χ1v) is 9.01. The summed E-state index contributed by atoms with van der Waals surface area (Å²) in [4.78, 5) is 11.3. The van der Waals surface area contributed by atoms with Gasteiger partial charge in [-0.3, -0.25) is 4.40 Å². The maximum Gasteiger partial charge on any atom is 0.160 e. The first-order valence-electron chi connectivity index (χ1n) is 8.13. The Morgan fingerprint density at radius 2 is 2.12 bits per heavy atom. The molecule has 0 N–H and O–H groups in total. The summed E-state index contributed by atoms with van der Waals surface area (Å²) in [5, 5.41) is 10.8. The Bertz CT molecular complexity index is 1010. The largest absolute Gasteiger partial charge is 0.355 e. The number of rotatable bonds is 2. The zero-order chi connectivity index (χ0) is 15.9. The van der Waals surface area contributed by atoms with Crippen LogP contribution in [0.3, 0.4) is 0 Å². The second-order valence-electron chi connectivity index (χ2n) is 6.10. The highest BCUT2D eigenvalue weighted by atomic mass is 32.1. The predicted molar refractivity (Wildman–Crippen MR) is 94.6 cm³/mol.